The number of carbonyl (C=O) groups is 1. The minimum absolute atomic E-state index is 0.192. The van der Waals surface area contributed by atoms with Gasteiger partial charge in [0.05, 0.1) is 27.0 Å². The number of rotatable bonds is 6. The van der Waals surface area contributed by atoms with Crippen molar-refractivity contribution in [3.63, 3.8) is 0 Å². The highest BCUT2D eigenvalue weighted by Crippen LogP contribution is 2.38. The van der Waals surface area contributed by atoms with E-state index in [1.165, 1.54) is 38.9 Å². The monoisotopic (exact) mass is 306 g/mol. The standard InChI is InChI=1S/C14H14N2O4S/c1-18-12-6-9(7-13(19-2)14(12)20-3)11(17)5-4-10-8-21-16-15-10/h4-8H,1-3H3/b5-4+. The molecule has 0 aliphatic carbocycles. The Bertz CT molecular complexity index is 628. The third kappa shape index (κ3) is 3.38. The molecule has 6 nitrogen and oxygen atoms in total. The van der Waals surface area contributed by atoms with Crippen LogP contribution in [-0.4, -0.2) is 36.7 Å². The Balaban J connectivity index is 2.33. The second kappa shape index (κ2) is 6.85. The lowest BCUT2D eigenvalue weighted by molar-refractivity contribution is 0.104. The number of aromatic nitrogens is 2. The Morgan fingerprint density at radius 2 is 1.81 bits per heavy atom. The van der Waals surface area contributed by atoms with E-state index in [4.69, 9.17) is 14.2 Å². The zero-order valence-electron chi connectivity index (χ0n) is 11.8. The number of ketones is 1. The molecule has 2 aromatic rings. The molecule has 0 unspecified atom stereocenters. The van der Waals surface area contributed by atoms with E-state index in [9.17, 15) is 4.79 Å². The minimum Gasteiger partial charge on any atom is -0.493 e. The molecule has 0 saturated heterocycles. The van der Waals surface area contributed by atoms with Crippen LogP contribution < -0.4 is 14.2 Å². The van der Waals surface area contributed by atoms with Crippen LogP contribution in [0.25, 0.3) is 6.08 Å². The summed E-state index contributed by atoms with van der Waals surface area (Å²) in [7, 11) is 4.52. The Morgan fingerprint density at radius 1 is 1.14 bits per heavy atom. The van der Waals surface area contributed by atoms with Crippen LogP contribution >= 0.6 is 11.5 Å². The molecule has 0 saturated carbocycles. The van der Waals surface area contributed by atoms with Gasteiger partial charge in [0.15, 0.2) is 17.3 Å². The van der Waals surface area contributed by atoms with E-state index in [0.717, 1.165) is 0 Å². The van der Waals surface area contributed by atoms with Gasteiger partial charge in [-0.3, -0.25) is 4.79 Å². The third-order valence-corrected chi connectivity index (χ3v) is 3.25. The van der Waals surface area contributed by atoms with Gasteiger partial charge in [0.1, 0.15) is 0 Å². The highest BCUT2D eigenvalue weighted by molar-refractivity contribution is 7.03. The maximum Gasteiger partial charge on any atom is 0.203 e. The van der Waals surface area contributed by atoms with Crippen molar-refractivity contribution < 1.29 is 19.0 Å². The van der Waals surface area contributed by atoms with Gasteiger partial charge in [-0.15, -0.1) is 5.10 Å². The average Bonchev–Trinajstić information content (AvgIpc) is 3.04. The average molecular weight is 306 g/mol. The van der Waals surface area contributed by atoms with Crippen molar-refractivity contribution in [2.75, 3.05) is 21.3 Å². The van der Waals surface area contributed by atoms with Crippen molar-refractivity contribution in [1.82, 2.24) is 9.59 Å². The first-order chi connectivity index (χ1) is 10.2. The number of methoxy groups -OCH3 is 3. The summed E-state index contributed by atoms with van der Waals surface area (Å²) in [5.41, 5.74) is 1.07. The molecule has 21 heavy (non-hydrogen) atoms. The van der Waals surface area contributed by atoms with Crippen molar-refractivity contribution in [2.24, 2.45) is 0 Å². The number of nitrogens with zero attached hydrogens (tertiary/aromatic N) is 2. The van der Waals surface area contributed by atoms with E-state index < -0.39 is 0 Å². The van der Waals surface area contributed by atoms with Crippen molar-refractivity contribution in [1.29, 1.82) is 0 Å². The normalized spacial score (nSPS) is 10.6. The molecule has 0 aliphatic rings. The van der Waals surface area contributed by atoms with Crippen LogP contribution in [0.5, 0.6) is 17.2 Å². The Hall–Kier alpha value is -2.41. The van der Waals surface area contributed by atoms with Crippen LogP contribution in [0.4, 0.5) is 0 Å². The van der Waals surface area contributed by atoms with Gasteiger partial charge in [-0.25, -0.2) is 0 Å². The van der Waals surface area contributed by atoms with Crippen molar-refractivity contribution in [2.45, 2.75) is 0 Å². The third-order valence-electron chi connectivity index (χ3n) is 2.73. The molecule has 0 N–H and O–H groups in total. The van der Waals surface area contributed by atoms with E-state index >= 15 is 0 Å². The molecule has 2 rings (SSSR count). The first-order valence-electron chi connectivity index (χ1n) is 5.99. The Kier molecular flexibility index (Phi) is 4.89. The summed E-state index contributed by atoms with van der Waals surface area (Å²) < 4.78 is 19.4. The zero-order chi connectivity index (χ0) is 15.2. The van der Waals surface area contributed by atoms with Crippen molar-refractivity contribution in [3.8, 4) is 17.2 Å². The first kappa shape index (κ1) is 15.0. The highest BCUT2D eigenvalue weighted by atomic mass is 32.1. The fraction of sp³-hybridized carbons (Fsp3) is 0.214. The molecule has 0 atom stereocenters. The van der Waals surface area contributed by atoms with Crippen molar-refractivity contribution in [3.05, 3.63) is 34.8 Å². The van der Waals surface area contributed by atoms with Gasteiger partial charge in [-0.05, 0) is 35.8 Å². The van der Waals surface area contributed by atoms with Crippen LogP contribution in [0.2, 0.25) is 0 Å². The molecule has 1 aromatic heterocycles. The molecule has 0 amide bonds. The van der Waals surface area contributed by atoms with E-state index in [1.54, 1.807) is 23.6 Å². The SMILES string of the molecule is COc1cc(C(=O)/C=C/c2csnn2)cc(OC)c1OC. The molecule has 0 fully saturated rings. The number of hydrogen-bond acceptors (Lipinski definition) is 7. The number of hydrogen-bond donors (Lipinski definition) is 0. The molecule has 0 bridgehead atoms. The Labute approximate surface area is 126 Å². The first-order valence-corrected chi connectivity index (χ1v) is 6.82. The van der Waals surface area contributed by atoms with Gasteiger partial charge in [-0.1, -0.05) is 4.49 Å². The van der Waals surface area contributed by atoms with E-state index in [0.29, 0.717) is 28.5 Å². The van der Waals surface area contributed by atoms with Crippen LogP contribution in [0.3, 0.4) is 0 Å². The van der Waals surface area contributed by atoms with Crippen LogP contribution in [0.1, 0.15) is 16.1 Å². The number of carbonyl (C=O) groups excluding carboxylic acids is 1. The minimum atomic E-state index is -0.192. The fourth-order valence-corrected chi connectivity index (χ4v) is 2.15. The number of ether oxygens (including phenoxy) is 3. The second-order valence-corrected chi connectivity index (χ2v) is 4.55. The van der Waals surface area contributed by atoms with Crippen LogP contribution in [-0.2, 0) is 0 Å². The predicted molar refractivity (Wildman–Crippen MR) is 79.4 cm³/mol. The maximum absolute atomic E-state index is 12.2. The smallest absolute Gasteiger partial charge is 0.203 e. The van der Waals surface area contributed by atoms with Crippen LogP contribution in [0, 0.1) is 0 Å². The lowest BCUT2D eigenvalue weighted by atomic mass is 10.1. The quantitative estimate of drug-likeness (QED) is 0.603. The van der Waals surface area contributed by atoms with Gasteiger partial charge in [-0.2, -0.15) is 0 Å². The fourth-order valence-electron chi connectivity index (χ4n) is 1.73. The van der Waals surface area contributed by atoms with E-state index in [-0.39, 0.29) is 5.78 Å². The molecule has 1 heterocycles. The molecule has 110 valence electrons. The van der Waals surface area contributed by atoms with Gasteiger partial charge < -0.3 is 14.2 Å². The van der Waals surface area contributed by atoms with Gasteiger partial charge in [0.2, 0.25) is 5.75 Å². The summed E-state index contributed by atoms with van der Waals surface area (Å²) >= 11 is 1.22. The largest absolute Gasteiger partial charge is 0.493 e. The summed E-state index contributed by atoms with van der Waals surface area (Å²) in [4.78, 5) is 12.2. The maximum atomic E-state index is 12.2. The van der Waals surface area contributed by atoms with Gasteiger partial charge >= 0.3 is 0 Å². The van der Waals surface area contributed by atoms with Crippen molar-refractivity contribution >= 4 is 23.4 Å². The number of benzene rings is 1. The summed E-state index contributed by atoms with van der Waals surface area (Å²) in [6.07, 6.45) is 3.03. The summed E-state index contributed by atoms with van der Waals surface area (Å²) in [5, 5.41) is 5.59. The molecular formula is C14H14N2O4S. The molecular weight excluding hydrogens is 292 g/mol. The lowest BCUT2D eigenvalue weighted by Crippen LogP contribution is -2.00. The summed E-state index contributed by atoms with van der Waals surface area (Å²) in [6.45, 7) is 0. The summed E-state index contributed by atoms with van der Waals surface area (Å²) in [5.74, 6) is 1.12. The van der Waals surface area contributed by atoms with E-state index in [1.807, 2.05) is 0 Å². The van der Waals surface area contributed by atoms with Gasteiger partial charge in [0, 0.05) is 10.9 Å². The number of allylic oxidation sites excluding steroid dienone is 1. The van der Waals surface area contributed by atoms with Gasteiger partial charge in [0.25, 0.3) is 0 Å². The Morgan fingerprint density at radius 3 is 2.29 bits per heavy atom. The molecule has 0 spiro atoms. The predicted octanol–water partition coefficient (Wildman–Crippen LogP) is 2.46. The zero-order valence-corrected chi connectivity index (χ0v) is 12.6. The molecule has 0 aliphatic heterocycles. The molecule has 1 aromatic carbocycles. The lowest BCUT2D eigenvalue weighted by Gasteiger charge is -2.13. The molecule has 0 radical (unpaired) electrons. The van der Waals surface area contributed by atoms with E-state index in [2.05, 4.69) is 9.59 Å². The second-order valence-electron chi connectivity index (χ2n) is 3.94. The topological polar surface area (TPSA) is 70.5 Å². The molecule has 7 heteroatoms. The summed E-state index contributed by atoms with van der Waals surface area (Å²) in [6, 6.07) is 3.21. The van der Waals surface area contributed by atoms with Crippen LogP contribution in [0.15, 0.2) is 23.6 Å². The highest BCUT2D eigenvalue weighted by Gasteiger charge is 2.15.